The van der Waals surface area contributed by atoms with Crippen LogP contribution in [-0.2, 0) is 4.79 Å². The fourth-order valence-corrected chi connectivity index (χ4v) is 2.28. The highest BCUT2D eigenvalue weighted by molar-refractivity contribution is 5.94. The molecule has 23 heavy (non-hydrogen) atoms. The molecule has 1 amide bonds. The van der Waals surface area contributed by atoms with Gasteiger partial charge in [0, 0.05) is 5.69 Å². The molecule has 2 rings (SSSR count). The van der Waals surface area contributed by atoms with Crippen molar-refractivity contribution < 1.29 is 9.53 Å². The largest absolute Gasteiger partial charge is 0.481 e. The summed E-state index contributed by atoms with van der Waals surface area (Å²) >= 11 is 0. The van der Waals surface area contributed by atoms with Crippen LogP contribution in [0.5, 0.6) is 5.75 Å². The van der Waals surface area contributed by atoms with Gasteiger partial charge < -0.3 is 10.1 Å². The first kappa shape index (κ1) is 17.1. The summed E-state index contributed by atoms with van der Waals surface area (Å²) in [6.07, 6.45) is 0.117. The molecule has 3 nitrogen and oxygen atoms in total. The molecule has 0 spiro atoms. The van der Waals surface area contributed by atoms with Crippen LogP contribution in [0.3, 0.4) is 0 Å². The monoisotopic (exact) mass is 311 g/mol. The number of amides is 1. The first-order valence-electron chi connectivity index (χ1n) is 8.13. The first-order valence-corrected chi connectivity index (χ1v) is 8.13. The van der Waals surface area contributed by atoms with Crippen LogP contribution in [0.25, 0.3) is 0 Å². The average Bonchev–Trinajstić information content (AvgIpc) is 2.54. The summed E-state index contributed by atoms with van der Waals surface area (Å²) < 4.78 is 5.80. The Morgan fingerprint density at radius 1 is 1.04 bits per heavy atom. The van der Waals surface area contributed by atoms with E-state index in [-0.39, 0.29) is 5.91 Å². The van der Waals surface area contributed by atoms with Gasteiger partial charge in [0.2, 0.25) is 0 Å². The molecule has 122 valence electrons. The summed E-state index contributed by atoms with van der Waals surface area (Å²) in [5.74, 6) is 1.08. The van der Waals surface area contributed by atoms with E-state index in [9.17, 15) is 4.79 Å². The maximum Gasteiger partial charge on any atom is 0.265 e. The van der Waals surface area contributed by atoms with Crippen molar-refractivity contribution in [2.24, 2.45) is 0 Å². The molecular weight excluding hydrogens is 286 g/mol. The van der Waals surface area contributed by atoms with Crippen molar-refractivity contribution in [1.82, 2.24) is 0 Å². The minimum atomic E-state index is -0.498. The molecule has 2 aromatic carbocycles. The summed E-state index contributed by atoms with van der Waals surface area (Å²) in [6.45, 7) is 8.27. The molecule has 0 aliphatic heterocycles. The van der Waals surface area contributed by atoms with E-state index < -0.39 is 6.10 Å². The molecule has 0 aromatic heterocycles. The lowest BCUT2D eigenvalue weighted by molar-refractivity contribution is -0.122. The van der Waals surface area contributed by atoms with Crippen molar-refractivity contribution in [2.45, 2.75) is 46.1 Å². The summed E-state index contributed by atoms with van der Waals surface area (Å²) in [6, 6.07) is 15.7. The zero-order valence-corrected chi connectivity index (χ0v) is 14.3. The van der Waals surface area contributed by atoms with Crippen LogP contribution in [-0.4, -0.2) is 12.0 Å². The second-order valence-corrected chi connectivity index (χ2v) is 6.09. The van der Waals surface area contributed by atoms with E-state index >= 15 is 0 Å². The van der Waals surface area contributed by atoms with Gasteiger partial charge in [0.05, 0.1) is 0 Å². The topological polar surface area (TPSA) is 38.3 Å². The number of hydrogen-bond acceptors (Lipinski definition) is 2. The van der Waals surface area contributed by atoms with Crippen LogP contribution < -0.4 is 10.1 Å². The molecule has 0 bridgehead atoms. The van der Waals surface area contributed by atoms with Gasteiger partial charge in [-0.15, -0.1) is 0 Å². The number of rotatable bonds is 6. The molecule has 3 heteroatoms. The highest BCUT2D eigenvalue weighted by Gasteiger charge is 2.18. The van der Waals surface area contributed by atoms with Crippen molar-refractivity contribution in [3.8, 4) is 5.75 Å². The van der Waals surface area contributed by atoms with E-state index in [0.29, 0.717) is 18.1 Å². The number of carbonyl (C=O) groups is 1. The number of hydrogen-bond donors (Lipinski definition) is 1. The number of anilines is 1. The molecule has 0 heterocycles. The van der Waals surface area contributed by atoms with Crippen molar-refractivity contribution in [2.75, 3.05) is 5.32 Å². The third-order valence-electron chi connectivity index (χ3n) is 3.81. The van der Waals surface area contributed by atoms with Gasteiger partial charge in [-0.1, -0.05) is 50.6 Å². The van der Waals surface area contributed by atoms with Gasteiger partial charge in [-0.3, -0.25) is 4.79 Å². The lowest BCUT2D eigenvalue weighted by Gasteiger charge is -2.17. The van der Waals surface area contributed by atoms with Crippen LogP contribution in [0.1, 0.15) is 44.2 Å². The Morgan fingerprint density at radius 3 is 2.17 bits per heavy atom. The molecule has 0 saturated heterocycles. The maximum absolute atomic E-state index is 12.4. The van der Waals surface area contributed by atoms with E-state index in [1.165, 1.54) is 11.1 Å². The molecule has 0 saturated carbocycles. The Hall–Kier alpha value is -2.29. The van der Waals surface area contributed by atoms with Crippen molar-refractivity contribution in [3.63, 3.8) is 0 Å². The van der Waals surface area contributed by atoms with Crippen LogP contribution in [0, 0.1) is 6.92 Å². The van der Waals surface area contributed by atoms with E-state index in [0.717, 1.165) is 5.69 Å². The Morgan fingerprint density at radius 2 is 1.65 bits per heavy atom. The fourth-order valence-electron chi connectivity index (χ4n) is 2.28. The van der Waals surface area contributed by atoms with Gasteiger partial charge in [-0.05, 0) is 49.1 Å². The van der Waals surface area contributed by atoms with Crippen molar-refractivity contribution in [3.05, 3.63) is 59.7 Å². The van der Waals surface area contributed by atoms with Crippen molar-refractivity contribution in [1.29, 1.82) is 0 Å². The molecule has 0 radical (unpaired) electrons. The molecule has 0 aliphatic rings. The SMILES string of the molecule is CC[C@@H](Oc1ccc(C)cc1)C(=O)Nc1ccc(C(C)C)cc1. The lowest BCUT2D eigenvalue weighted by Crippen LogP contribution is -2.32. The smallest absolute Gasteiger partial charge is 0.265 e. The number of nitrogens with one attached hydrogen (secondary N) is 1. The first-order chi connectivity index (χ1) is 11.0. The van der Waals surface area contributed by atoms with E-state index in [1.807, 2.05) is 62.4 Å². The molecule has 0 unspecified atom stereocenters. The quantitative estimate of drug-likeness (QED) is 0.822. The second kappa shape index (κ2) is 7.82. The molecule has 0 aliphatic carbocycles. The number of benzene rings is 2. The number of aryl methyl sites for hydroxylation is 1. The van der Waals surface area contributed by atoms with Gasteiger partial charge >= 0.3 is 0 Å². The Labute approximate surface area is 138 Å². The molecular formula is C20H25NO2. The van der Waals surface area contributed by atoms with E-state index in [1.54, 1.807) is 0 Å². The van der Waals surface area contributed by atoms with Gasteiger partial charge in [0.1, 0.15) is 5.75 Å². The Balaban J connectivity index is 2.00. The summed E-state index contributed by atoms with van der Waals surface area (Å²) in [5, 5.41) is 2.93. The normalized spacial score (nSPS) is 12.0. The van der Waals surface area contributed by atoms with E-state index in [2.05, 4.69) is 19.2 Å². The van der Waals surface area contributed by atoms with Crippen LogP contribution in [0.2, 0.25) is 0 Å². The van der Waals surface area contributed by atoms with E-state index in [4.69, 9.17) is 4.74 Å². The molecule has 0 fully saturated rings. The highest BCUT2D eigenvalue weighted by atomic mass is 16.5. The lowest BCUT2D eigenvalue weighted by atomic mass is 10.0. The van der Waals surface area contributed by atoms with Crippen LogP contribution >= 0.6 is 0 Å². The summed E-state index contributed by atoms with van der Waals surface area (Å²) in [5.41, 5.74) is 3.22. The third-order valence-corrected chi connectivity index (χ3v) is 3.81. The third kappa shape index (κ3) is 4.85. The second-order valence-electron chi connectivity index (χ2n) is 6.09. The summed E-state index contributed by atoms with van der Waals surface area (Å²) in [7, 11) is 0. The van der Waals surface area contributed by atoms with Crippen molar-refractivity contribution >= 4 is 11.6 Å². The Bertz CT molecular complexity index is 630. The molecule has 1 N–H and O–H groups in total. The zero-order chi connectivity index (χ0) is 16.8. The maximum atomic E-state index is 12.4. The van der Waals surface area contributed by atoms with Gasteiger partial charge in [0.25, 0.3) is 5.91 Å². The van der Waals surface area contributed by atoms with Gasteiger partial charge in [0.15, 0.2) is 6.10 Å². The minimum absolute atomic E-state index is 0.120. The Kier molecular flexibility index (Phi) is 5.80. The minimum Gasteiger partial charge on any atom is -0.481 e. The highest BCUT2D eigenvalue weighted by Crippen LogP contribution is 2.19. The summed E-state index contributed by atoms with van der Waals surface area (Å²) in [4.78, 5) is 12.4. The van der Waals surface area contributed by atoms with Gasteiger partial charge in [-0.25, -0.2) is 0 Å². The van der Waals surface area contributed by atoms with Crippen LogP contribution in [0.4, 0.5) is 5.69 Å². The van der Waals surface area contributed by atoms with Gasteiger partial charge in [-0.2, -0.15) is 0 Å². The standard InChI is InChI=1S/C20H25NO2/c1-5-19(23-18-12-6-15(4)7-13-18)20(22)21-17-10-8-16(9-11-17)14(2)3/h6-14,19H,5H2,1-4H3,(H,21,22)/t19-/m1/s1. The van der Waals surface area contributed by atoms with Crippen LogP contribution in [0.15, 0.2) is 48.5 Å². The average molecular weight is 311 g/mol. The predicted molar refractivity (Wildman–Crippen MR) is 95.0 cm³/mol. The zero-order valence-electron chi connectivity index (χ0n) is 14.3. The predicted octanol–water partition coefficient (Wildman–Crippen LogP) is 4.91. The molecule has 1 atom stereocenters. The number of carbonyl (C=O) groups excluding carboxylic acids is 1. The fraction of sp³-hybridized carbons (Fsp3) is 0.350. The number of ether oxygens (including phenoxy) is 1. The molecule has 2 aromatic rings.